The van der Waals surface area contributed by atoms with Crippen LogP contribution in [0.3, 0.4) is 0 Å². The largest absolute Gasteiger partial charge is 0.477 e. The maximum absolute atomic E-state index is 11.8. The molecule has 3 heterocycles. The van der Waals surface area contributed by atoms with E-state index in [1.54, 1.807) is 30.3 Å². The van der Waals surface area contributed by atoms with E-state index in [1.165, 1.54) is 0 Å². The summed E-state index contributed by atoms with van der Waals surface area (Å²) in [5.41, 5.74) is 5.95. The van der Waals surface area contributed by atoms with Gasteiger partial charge in [0.1, 0.15) is 5.69 Å². The molecule has 3 aromatic rings. The standard InChI is InChI=1S/C21H15BrN6O3/c1-11-19(21(29)30)28(10-23-11)8-15-12-6-7-31-9-16(12)18(22)17(15)13-4-2-3-5-14(13)20-24-26-27-25-20/h2-7,9-10H,8H2,1H3,(H,29,30)(H,24,25,26,27). The molecule has 2 N–H and O–H groups in total. The number of tetrazole rings is 1. The number of imidazole rings is 1. The number of benzene rings is 1. The first kappa shape index (κ1) is 19.2. The number of carboxylic acids is 1. The second kappa shape index (κ2) is 7.47. The molecular formula is C21H15BrN6O3. The van der Waals surface area contributed by atoms with Crippen molar-refractivity contribution in [1.29, 1.82) is 0 Å². The van der Waals surface area contributed by atoms with Gasteiger partial charge >= 0.3 is 5.97 Å². The average Bonchev–Trinajstić information content (AvgIpc) is 3.48. The first-order chi connectivity index (χ1) is 15.1. The highest BCUT2D eigenvalue weighted by molar-refractivity contribution is 9.10. The van der Waals surface area contributed by atoms with E-state index in [1.807, 2.05) is 30.3 Å². The number of aromatic amines is 1. The molecular weight excluding hydrogens is 464 g/mol. The van der Waals surface area contributed by atoms with Gasteiger partial charge in [0.15, 0.2) is 0 Å². The number of rotatable bonds is 5. The van der Waals surface area contributed by atoms with Crippen LogP contribution in [-0.2, 0) is 6.54 Å². The molecule has 0 bridgehead atoms. The van der Waals surface area contributed by atoms with Gasteiger partial charge in [0.25, 0.3) is 0 Å². The lowest BCUT2D eigenvalue weighted by Gasteiger charge is -2.12. The molecule has 1 aromatic carbocycles. The molecule has 154 valence electrons. The Hall–Kier alpha value is -3.79. The molecule has 0 atom stereocenters. The minimum Gasteiger partial charge on any atom is -0.477 e. The lowest BCUT2D eigenvalue weighted by Crippen LogP contribution is -2.10. The molecule has 0 fully saturated rings. The quantitative estimate of drug-likeness (QED) is 0.387. The summed E-state index contributed by atoms with van der Waals surface area (Å²) in [5.74, 6) is -0.554. The van der Waals surface area contributed by atoms with E-state index in [0.29, 0.717) is 18.1 Å². The van der Waals surface area contributed by atoms with Crippen molar-refractivity contribution in [1.82, 2.24) is 30.2 Å². The number of fused-ring (bicyclic) bond motifs is 1. The van der Waals surface area contributed by atoms with Crippen molar-refractivity contribution in [2.75, 3.05) is 0 Å². The minimum atomic E-state index is -1.02. The zero-order valence-corrected chi connectivity index (χ0v) is 17.8. The first-order valence-electron chi connectivity index (χ1n) is 9.30. The first-order valence-corrected chi connectivity index (χ1v) is 10.1. The zero-order valence-electron chi connectivity index (χ0n) is 16.2. The summed E-state index contributed by atoms with van der Waals surface area (Å²) < 4.78 is 7.89. The summed E-state index contributed by atoms with van der Waals surface area (Å²) in [5, 5.41) is 24.1. The molecule has 0 spiro atoms. The highest BCUT2D eigenvalue weighted by Crippen LogP contribution is 2.48. The Morgan fingerprint density at radius 1 is 1.19 bits per heavy atom. The molecule has 5 rings (SSSR count). The molecule has 0 saturated carbocycles. The minimum absolute atomic E-state index is 0.156. The SMILES string of the molecule is Cc1ncn(Cc2c3ccocc-3c(Br)c2-c2ccccc2-c2nn[nH]n2)c1C(=O)O. The number of H-pyrrole nitrogens is 1. The fraction of sp³-hybridized carbons (Fsp3) is 0.0952. The van der Waals surface area contributed by atoms with Gasteiger partial charge in [0, 0.05) is 21.2 Å². The Labute approximate surface area is 184 Å². The van der Waals surface area contributed by atoms with Crippen LogP contribution >= 0.6 is 15.9 Å². The summed E-state index contributed by atoms with van der Waals surface area (Å²) in [4.78, 5) is 16.0. The van der Waals surface area contributed by atoms with Crippen LogP contribution in [-0.4, -0.2) is 41.3 Å². The molecule has 9 nitrogen and oxygen atoms in total. The molecule has 2 aromatic heterocycles. The number of nitrogens with one attached hydrogen (secondary N) is 1. The number of carboxylic acid groups (broad SMARTS) is 1. The van der Waals surface area contributed by atoms with E-state index in [-0.39, 0.29) is 5.69 Å². The highest BCUT2D eigenvalue weighted by Gasteiger charge is 2.27. The summed E-state index contributed by atoms with van der Waals surface area (Å²) in [6.45, 7) is 1.99. The third-order valence-electron chi connectivity index (χ3n) is 5.21. The van der Waals surface area contributed by atoms with Crippen molar-refractivity contribution in [2.45, 2.75) is 13.5 Å². The fourth-order valence-electron chi connectivity index (χ4n) is 3.87. The van der Waals surface area contributed by atoms with Crippen molar-refractivity contribution >= 4 is 21.9 Å². The van der Waals surface area contributed by atoms with Crippen LogP contribution in [0.5, 0.6) is 0 Å². The number of hydrogen-bond acceptors (Lipinski definition) is 6. The third kappa shape index (κ3) is 3.12. The van der Waals surface area contributed by atoms with Crippen LogP contribution in [0.2, 0.25) is 0 Å². The third-order valence-corrected chi connectivity index (χ3v) is 6.03. The normalized spacial score (nSPS) is 11.3. The van der Waals surface area contributed by atoms with Gasteiger partial charge in [-0.25, -0.2) is 9.78 Å². The molecule has 2 aliphatic rings. The lowest BCUT2D eigenvalue weighted by atomic mass is 9.97. The van der Waals surface area contributed by atoms with E-state index in [4.69, 9.17) is 4.42 Å². The van der Waals surface area contributed by atoms with Gasteiger partial charge in [-0.1, -0.05) is 24.3 Å². The number of aromatic carboxylic acids is 1. The van der Waals surface area contributed by atoms with Crippen LogP contribution in [0.1, 0.15) is 21.7 Å². The van der Waals surface area contributed by atoms with Crippen LogP contribution < -0.4 is 0 Å². The van der Waals surface area contributed by atoms with Crippen molar-refractivity contribution in [3.8, 4) is 33.6 Å². The summed E-state index contributed by atoms with van der Waals surface area (Å²) in [7, 11) is 0. The Morgan fingerprint density at radius 2 is 2.00 bits per heavy atom. The average molecular weight is 479 g/mol. The van der Waals surface area contributed by atoms with Gasteiger partial charge in [-0.05, 0) is 50.8 Å². The second-order valence-electron chi connectivity index (χ2n) is 6.94. The van der Waals surface area contributed by atoms with Gasteiger partial charge < -0.3 is 14.1 Å². The van der Waals surface area contributed by atoms with Gasteiger partial charge in [-0.15, -0.1) is 10.2 Å². The number of aromatic nitrogens is 6. The van der Waals surface area contributed by atoms with E-state index in [0.717, 1.165) is 37.9 Å². The summed E-state index contributed by atoms with van der Waals surface area (Å²) in [6.07, 6.45) is 4.82. The van der Waals surface area contributed by atoms with Crippen LogP contribution in [0.4, 0.5) is 0 Å². The molecule has 0 amide bonds. The monoisotopic (exact) mass is 478 g/mol. The Morgan fingerprint density at radius 3 is 2.74 bits per heavy atom. The van der Waals surface area contributed by atoms with E-state index < -0.39 is 5.97 Å². The maximum Gasteiger partial charge on any atom is 0.354 e. The number of aryl methyl sites for hydroxylation is 1. The maximum atomic E-state index is 11.8. The molecule has 31 heavy (non-hydrogen) atoms. The van der Waals surface area contributed by atoms with Gasteiger partial charge in [0.05, 0.1) is 31.1 Å². The highest BCUT2D eigenvalue weighted by atomic mass is 79.9. The topological polar surface area (TPSA) is 123 Å². The lowest BCUT2D eigenvalue weighted by molar-refractivity contribution is 0.0684. The van der Waals surface area contributed by atoms with Crippen LogP contribution in [0.25, 0.3) is 33.6 Å². The van der Waals surface area contributed by atoms with E-state index >= 15 is 0 Å². The van der Waals surface area contributed by atoms with Crippen molar-refractivity contribution in [3.63, 3.8) is 0 Å². The molecule has 0 unspecified atom stereocenters. The predicted molar refractivity (Wildman–Crippen MR) is 115 cm³/mol. The Kier molecular flexibility index (Phi) is 4.63. The predicted octanol–water partition coefficient (Wildman–Crippen LogP) is 4.25. The van der Waals surface area contributed by atoms with Gasteiger partial charge in [-0.2, -0.15) is 5.21 Å². The number of nitrogens with zero attached hydrogens (tertiary/aromatic N) is 5. The number of carbonyl (C=O) groups is 1. The molecule has 1 aliphatic heterocycles. The van der Waals surface area contributed by atoms with Gasteiger partial charge in [0.2, 0.25) is 5.82 Å². The summed E-state index contributed by atoms with van der Waals surface area (Å²) >= 11 is 3.74. The summed E-state index contributed by atoms with van der Waals surface area (Å²) in [6, 6.07) is 9.61. The van der Waals surface area contributed by atoms with Crippen molar-refractivity contribution in [3.05, 3.63) is 70.6 Å². The van der Waals surface area contributed by atoms with E-state index in [2.05, 4.69) is 41.5 Å². The smallest absolute Gasteiger partial charge is 0.354 e. The Balaban J connectivity index is 1.77. The van der Waals surface area contributed by atoms with E-state index in [9.17, 15) is 9.90 Å². The zero-order chi connectivity index (χ0) is 21.5. The van der Waals surface area contributed by atoms with Crippen LogP contribution in [0.15, 0.2) is 58.1 Å². The van der Waals surface area contributed by atoms with Gasteiger partial charge in [-0.3, -0.25) is 0 Å². The van der Waals surface area contributed by atoms with Crippen molar-refractivity contribution < 1.29 is 14.3 Å². The second-order valence-corrected chi connectivity index (χ2v) is 7.74. The molecule has 10 heteroatoms. The Bertz CT molecular complexity index is 1370. The fourth-order valence-corrected chi connectivity index (χ4v) is 4.63. The molecule has 0 radical (unpaired) electrons. The molecule has 0 saturated heterocycles. The molecule has 1 aliphatic carbocycles. The van der Waals surface area contributed by atoms with Crippen LogP contribution in [0, 0.1) is 6.92 Å². The number of hydrogen-bond donors (Lipinski definition) is 2. The number of halogens is 1. The van der Waals surface area contributed by atoms with Crippen molar-refractivity contribution in [2.24, 2.45) is 0 Å².